The van der Waals surface area contributed by atoms with Crippen LogP contribution in [0.1, 0.15) is 11.6 Å². The second-order valence-electron chi connectivity index (χ2n) is 4.24. The van der Waals surface area contributed by atoms with Gasteiger partial charge in [-0.25, -0.2) is 19.3 Å². The van der Waals surface area contributed by atoms with Crippen molar-refractivity contribution in [3.63, 3.8) is 0 Å². The predicted molar refractivity (Wildman–Crippen MR) is 70.8 cm³/mol. The highest BCUT2D eigenvalue weighted by Gasteiger charge is 2.11. The van der Waals surface area contributed by atoms with Gasteiger partial charge in [0, 0.05) is 0 Å². The van der Waals surface area contributed by atoms with Crippen LogP contribution in [0.3, 0.4) is 0 Å². The highest BCUT2D eigenvalue weighted by molar-refractivity contribution is 5.85. The molecule has 2 N–H and O–H groups in total. The highest BCUT2D eigenvalue weighted by Crippen LogP contribution is 2.23. The summed E-state index contributed by atoms with van der Waals surface area (Å²) in [6.45, 7) is 3.62. The molecular formula is C13H12FN5. The summed E-state index contributed by atoms with van der Waals surface area (Å²) in [5.41, 5.74) is 1.61. The van der Waals surface area contributed by atoms with E-state index in [4.69, 9.17) is 0 Å². The van der Waals surface area contributed by atoms with Crippen LogP contribution in [0.15, 0.2) is 24.3 Å². The quantitative estimate of drug-likeness (QED) is 0.740. The molecule has 19 heavy (non-hydrogen) atoms. The summed E-state index contributed by atoms with van der Waals surface area (Å²) in [7, 11) is 0. The molecule has 3 aromatic rings. The van der Waals surface area contributed by atoms with Crippen molar-refractivity contribution in [3.05, 3.63) is 41.7 Å². The van der Waals surface area contributed by atoms with Crippen molar-refractivity contribution in [1.82, 2.24) is 19.9 Å². The summed E-state index contributed by atoms with van der Waals surface area (Å²) in [5, 5.41) is 2.96. The predicted octanol–water partition coefficient (Wildman–Crippen LogP) is 2.85. The van der Waals surface area contributed by atoms with E-state index in [1.807, 2.05) is 6.92 Å². The van der Waals surface area contributed by atoms with Gasteiger partial charge < -0.3 is 10.3 Å². The number of imidazole rings is 1. The molecule has 0 unspecified atom stereocenters. The SMILES string of the molecule is Cc1nc(Nc2ccccc2F)c2nc(C)[nH]c2n1. The van der Waals surface area contributed by atoms with Crippen LogP contribution in [0.4, 0.5) is 15.9 Å². The summed E-state index contributed by atoms with van der Waals surface area (Å²) in [4.78, 5) is 15.9. The molecule has 0 aliphatic carbocycles. The molecule has 0 aliphatic rings. The Morgan fingerprint density at radius 3 is 2.68 bits per heavy atom. The number of aryl methyl sites for hydroxylation is 2. The van der Waals surface area contributed by atoms with Crippen molar-refractivity contribution in [3.8, 4) is 0 Å². The van der Waals surface area contributed by atoms with Crippen molar-refractivity contribution >= 4 is 22.7 Å². The van der Waals surface area contributed by atoms with Crippen molar-refractivity contribution < 1.29 is 4.39 Å². The molecule has 96 valence electrons. The minimum Gasteiger partial charge on any atom is -0.336 e. The first-order valence-corrected chi connectivity index (χ1v) is 5.86. The maximum Gasteiger partial charge on any atom is 0.163 e. The Balaban J connectivity index is 2.12. The highest BCUT2D eigenvalue weighted by atomic mass is 19.1. The second kappa shape index (κ2) is 4.31. The van der Waals surface area contributed by atoms with Gasteiger partial charge in [-0.15, -0.1) is 0 Å². The maximum absolute atomic E-state index is 13.6. The fourth-order valence-electron chi connectivity index (χ4n) is 1.90. The topological polar surface area (TPSA) is 66.5 Å². The van der Waals surface area contributed by atoms with Crippen molar-refractivity contribution in [2.24, 2.45) is 0 Å². The monoisotopic (exact) mass is 257 g/mol. The third-order valence-electron chi connectivity index (χ3n) is 2.70. The van der Waals surface area contributed by atoms with Gasteiger partial charge in [0.2, 0.25) is 0 Å². The smallest absolute Gasteiger partial charge is 0.163 e. The number of H-pyrrole nitrogens is 1. The number of benzene rings is 1. The van der Waals surface area contributed by atoms with Gasteiger partial charge in [-0.2, -0.15) is 0 Å². The van der Waals surface area contributed by atoms with Crippen LogP contribution in [-0.4, -0.2) is 19.9 Å². The fraction of sp³-hybridized carbons (Fsp3) is 0.154. The zero-order valence-electron chi connectivity index (χ0n) is 10.5. The van der Waals surface area contributed by atoms with E-state index in [0.717, 1.165) is 5.82 Å². The van der Waals surface area contributed by atoms with Gasteiger partial charge in [0.15, 0.2) is 17.0 Å². The van der Waals surface area contributed by atoms with Crippen LogP contribution < -0.4 is 5.32 Å². The molecule has 0 fully saturated rings. The first-order valence-electron chi connectivity index (χ1n) is 5.86. The number of nitrogens with zero attached hydrogens (tertiary/aromatic N) is 3. The van der Waals surface area contributed by atoms with E-state index < -0.39 is 0 Å². The van der Waals surface area contributed by atoms with Gasteiger partial charge in [-0.3, -0.25) is 0 Å². The first-order chi connectivity index (χ1) is 9.13. The molecule has 0 atom stereocenters. The van der Waals surface area contributed by atoms with Crippen molar-refractivity contribution in [2.45, 2.75) is 13.8 Å². The minimum atomic E-state index is -0.334. The molecule has 0 amide bonds. The zero-order valence-corrected chi connectivity index (χ0v) is 10.5. The maximum atomic E-state index is 13.6. The lowest BCUT2D eigenvalue weighted by atomic mass is 10.3. The molecule has 0 radical (unpaired) electrons. The van der Waals surface area contributed by atoms with E-state index in [9.17, 15) is 4.39 Å². The number of rotatable bonds is 2. The van der Waals surface area contributed by atoms with Gasteiger partial charge in [-0.05, 0) is 26.0 Å². The van der Waals surface area contributed by atoms with Gasteiger partial charge in [0.05, 0.1) is 5.69 Å². The second-order valence-corrected chi connectivity index (χ2v) is 4.24. The summed E-state index contributed by atoms with van der Waals surface area (Å²) < 4.78 is 13.6. The summed E-state index contributed by atoms with van der Waals surface area (Å²) in [6, 6.07) is 6.44. The van der Waals surface area contributed by atoms with Gasteiger partial charge in [-0.1, -0.05) is 12.1 Å². The van der Waals surface area contributed by atoms with E-state index in [-0.39, 0.29) is 5.82 Å². The van der Waals surface area contributed by atoms with Crippen LogP contribution in [0.25, 0.3) is 11.2 Å². The molecule has 2 heterocycles. The minimum absolute atomic E-state index is 0.334. The van der Waals surface area contributed by atoms with Crippen LogP contribution in [-0.2, 0) is 0 Å². The third-order valence-corrected chi connectivity index (χ3v) is 2.70. The Bertz CT molecular complexity index is 750. The summed E-state index contributed by atoms with van der Waals surface area (Å²) >= 11 is 0. The Morgan fingerprint density at radius 1 is 1.11 bits per heavy atom. The van der Waals surface area contributed by atoms with Crippen LogP contribution in [0.5, 0.6) is 0 Å². The zero-order chi connectivity index (χ0) is 13.4. The first kappa shape index (κ1) is 11.6. The molecule has 0 spiro atoms. The van der Waals surface area contributed by atoms with E-state index in [0.29, 0.717) is 28.5 Å². The number of halogens is 1. The van der Waals surface area contributed by atoms with Crippen molar-refractivity contribution in [2.75, 3.05) is 5.32 Å². The van der Waals surface area contributed by atoms with Gasteiger partial charge in [0.25, 0.3) is 0 Å². The molecule has 1 aromatic carbocycles. The molecule has 3 rings (SSSR count). The van der Waals surface area contributed by atoms with E-state index in [2.05, 4.69) is 25.3 Å². The fourth-order valence-corrected chi connectivity index (χ4v) is 1.90. The number of aromatic amines is 1. The van der Waals surface area contributed by atoms with Gasteiger partial charge >= 0.3 is 0 Å². The Hall–Kier alpha value is -2.50. The standard InChI is InChI=1S/C13H12FN5/c1-7-15-11-12(16-7)17-8(2)18-13(11)19-10-6-4-3-5-9(10)14/h3-6H,1-2H3,(H2,15,16,17,18,19). The lowest BCUT2D eigenvalue weighted by molar-refractivity contribution is 0.632. The average molecular weight is 257 g/mol. The van der Waals surface area contributed by atoms with Crippen LogP contribution in [0.2, 0.25) is 0 Å². The number of hydrogen-bond donors (Lipinski definition) is 2. The molecule has 0 bridgehead atoms. The normalized spacial score (nSPS) is 10.9. The molecule has 2 aromatic heterocycles. The van der Waals surface area contributed by atoms with E-state index in [1.165, 1.54) is 6.07 Å². The third kappa shape index (κ3) is 2.12. The van der Waals surface area contributed by atoms with Crippen LogP contribution >= 0.6 is 0 Å². The molecule has 6 heteroatoms. The Morgan fingerprint density at radius 2 is 1.89 bits per heavy atom. The molecule has 5 nitrogen and oxygen atoms in total. The van der Waals surface area contributed by atoms with Crippen LogP contribution in [0, 0.1) is 19.7 Å². The number of nitrogens with one attached hydrogen (secondary N) is 2. The van der Waals surface area contributed by atoms with Gasteiger partial charge in [0.1, 0.15) is 17.5 Å². The Labute approximate surface area is 108 Å². The number of hydrogen-bond acceptors (Lipinski definition) is 4. The number of anilines is 2. The number of aromatic nitrogens is 4. The number of fused-ring (bicyclic) bond motifs is 1. The molecular weight excluding hydrogens is 245 g/mol. The van der Waals surface area contributed by atoms with E-state index in [1.54, 1.807) is 25.1 Å². The van der Waals surface area contributed by atoms with Crippen molar-refractivity contribution in [1.29, 1.82) is 0 Å². The summed E-state index contributed by atoms with van der Waals surface area (Å²) in [6.07, 6.45) is 0. The lowest BCUT2D eigenvalue weighted by Crippen LogP contribution is -2.00. The molecule has 0 aliphatic heterocycles. The number of para-hydroxylation sites is 1. The largest absolute Gasteiger partial charge is 0.336 e. The van der Waals surface area contributed by atoms with E-state index >= 15 is 0 Å². The lowest BCUT2D eigenvalue weighted by Gasteiger charge is -2.07. The average Bonchev–Trinajstić information content (AvgIpc) is 2.72. The summed E-state index contributed by atoms with van der Waals surface area (Å²) in [5.74, 6) is 1.50. The molecule has 0 saturated heterocycles. The molecule has 0 saturated carbocycles. The Kier molecular flexibility index (Phi) is 2.63.